The molecule has 3 N–H and O–H groups in total. The molecule has 0 radical (unpaired) electrons. The Balaban J connectivity index is 1.89. The standard InChI is InChI=1S/C19H19N3/c20-13-18-17(16-9-5-2-6-10-16)11-12-21-19(18)22-14-15-7-3-1-4-8-15/h1-12H,13-14,20H2,(H,21,22). The quantitative estimate of drug-likeness (QED) is 0.750. The summed E-state index contributed by atoms with van der Waals surface area (Å²) in [4.78, 5) is 4.46. The van der Waals surface area contributed by atoms with Gasteiger partial charge in [0.15, 0.2) is 0 Å². The van der Waals surface area contributed by atoms with Crippen molar-refractivity contribution in [1.29, 1.82) is 0 Å². The minimum absolute atomic E-state index is 0.454. The number of hydrogen-bond donors (Lipinski definition) is 2. The van der Waals surface area contributed by atoms with Crippen LogP contribution < -0.4 is 11.1 Å². The van der Waals surface area contributed by atoms with Gasteiger partial charge in [-0.05, 0) is 22.8 Å². The van der Waals surface area contributed by atoms with Crippen molar-refractivity contribution in [3.8, 4) is 11.1 Å². The van der Waals surface area contributed by atoms with Crippen LogP contribution in [0.5, 0.6) is 0 Å². The Hall–Kier alpha value is -2.65. The fraction of sp³-hybridized carbons (Fsp3) is 0.105. The van der Waals surface area contributed by atoms with Crippen LogP contribution in [-0.2, 0) is 13.1 Å². The molecular weight excluding hydrogens is 270 g/mol. The zero-order chi connectivity index (χ0) is 15.2. The molecule has 0 aliphatic rings. The molecule has 110 valence electrons. The Labute approximate surface area is 130 Å². The summed E-state index contributed by atoms with van der Waals surface area (Å²) in [6.07, 6.45) is 1.83. The maximum Gasteiger partial charge on any atom is 0.131 e. The minimum Gasteiger partial charge on any atom is -0.366 e. The molecule has 22 heavy (non-hydrogen) atoms. The number of hydrogen-bond acceptors (Lipinski definition) is 3. The van der Waals surface area contributed by atoms with E-state index in [0.29, 0.717) is 6.54 Å². The highest BCUT2D eigenvalue weighted by molar-refractivity contribution is 5.71. The summed E-state index contributed by atoms with van der Waals surface area (Å²) in [6.45, 7) is 1.19. The molecule has 0 fully saturated rings. The molecule has 0 saturated carbocycles. The highest BCUT2D eigenvalue weighted by Crippen LogP contribution is 2.27. The lowest BCUT2D eigenvalue weighted by molar-refractivity contribution is 1.02. The molecule has 1 aromatic heterocycles. The van der Waals surface area contributed by atoms with Crippen LogP contribution in [0, 0.1) is 0 Å². The first-order chi connectivity index (χ1) is 10.9. The largest absolute Gasteiger partial charge is 0.366 e. The van der Waals surface area contributed by atoms with Crippen molar-refractivity contribution in [2.45, 2.75) is 13.1 Å². The number of nitrogens with one attached hydrogen (secondary N) is 1. The van der Waals surface area contributed by atoms with E-state index in [1.807, 2.05) is 48.7 Å². The maximum atomic E-state index is 5.98. The molecule has 3 heteroatoms. The van der Waals surface area contributed by atoms with Crippen LogP contribution in [0.1, 0.15) is 11.1 Å². The predicted octanol–water partition coefficient (Wildman–Crippen LogP) is 3.82. The molecule has 0 aliphatic carbocycles. The summed E-state index contributed by atoms with van der Waals surface area (Å²) < 4.78 is 0. The molecule has 1 heterocycles. The van der Waals surface area contributed by atoms with E-state index in [1.54, 1.807) is 0 Å². The molecule has 0 saturated heterocycles. The third-order valence-electron chi connectivity index (χ3n) is 3.65. The van der Waals surface area contributed by atoms with E-state index in [2.05, 4.69) is 34.6 Å². The van der Waals surface area contributed by atoms with Crippen molar-refractivity contribution < 1.29 is 0 Å². The minimum atomic E-state index is 0.454. The lowest BCUT2D eigenvalue weighted by Gasteiger charge is -2.14. The molecule has 3 aromatic rings. The van der Waals surface area contributed by atoms with Gasteiger partial charge in [-0.25, -0.2) is 4.98 Å². The normalized spacial score (nSPS) is 10.4. The monoisotopic (exact) mass is 289 g/mol. The molecule has 0 bridgehead atoms. The molecule has 0 amide bonds. The highest BCUT2D eigenvalue weighted by Gasteiger charge is 2.09. The Kier molecular flexibility index (Phi) is 4.47. The van der Waals surface area contributed by atoms with Crippen LogP contribution >= 0.6 is 0 Å². The Morgan fingerprint density at radius 3 is 2.23 bits per heavy atom. The molecule has 2 aromatic carbocycles. The van der Waals surface area contributed by atoms with Crippen molar-refractivity contribution in [2.75, 3.05) is 5.32 Å². The third kappa shape index (κ3) is 3.15. The zero-order valence-electron chi connectivity index (χ0n) is 12.4. The van der Waals surface area contributed by atoms with Crippen LogP contribution in [-0.4, -0.2) is 4.98 Å². The number of anilines is 1. The van der Waals surface area contributed by atoms with Crippen molar-refractivity contribution in [1.82, 2.24) is 4.98 Å². The Bertz CT molecular complexity index is 724. The van der Waals surface area contributed by atoms with Gasteiger partial charge < -0.3 is 11.1 Å². The van der Waals surface area contributed by atoms with Gasteiger partial charge in [-0.2, -0.15) is 0 Å². The van der Waals surface area contributed by atoms with Gasteiger partial charge in [0.25, 0.3) is 0 Å². The van der Waals surface area contributed by atoms with Gasteiger partial charge in [0.05, 0.1) is 0 Å². The van der Waals surface area contributed by atoms with Crippen molar-refractivity contribution in [2.24, 2.45) is 5.73 Å². The van der Waals surface area contributed by atoms with Gasteiger partial charge in [-0.15, -0.1) is 0 Å². The van der Waals surface area contributed by atoms with Crippen LogP contribution in [0.15, 0.2) is 72.9 Å². The molecular formula is C19H19N3. The smallest absolute Gasteiger partial charge is 0.131 e. The number of aromatic nitrogens is 1. The van der Waals surface area contributed by atoms with E-state index in [-0.39, 0.29) is 0 Å². The summed E-state index contributed by atoms with van der Waals surface area (Å²) in [5.74, 6) is 0.854. The first-order valence-corrected chi connectivity index (χ1v) is 7.39. The van der Waals surface area contributed by atoms with Crippen LogP contribution in [0.25, 0.3) is 11.1 Å². The summed E-state index contributed by atoms with van der Waals surface area (Å²) in [7, 11) is 0. The SMILES string of the molecule is NCc1c(-c2ccccc2)ccnc1NCc1ccccc1. The molecule has 0 aliphatic heterocycles. The van der Waals surface area contributed by atoms with E-state index in [4.69, 9.17) is 5.73 Å². The van der Waals surface area contributed by atoms with Crippen LogP contribution in [0.2, 0.25) is 0 Å². The topological polar surface area (TPSA) is 50.9 Å². The predicted molar refractivity (Wildman–Crippen MR) is 91.3 cm³/mol. The average molecular weight is 289 g/mol. The van der Waals surface area contributed by atoms with Crippen LogP contribution in [0.3, 0.4) is 0 Å². The van der Waals surface area contributed by atoms with E-state index in [0.717, 1.165) is 29.1 Å². The van der Waals surface area contributed by atoms with Crippen molar-refractivity contribution in [3.05, 3.63) is 84.1 Å². The summed E-state index contributed by atoms with van der Waals surface area (Å²) in [5, 5.41) is 3.40. The highest BCUT2D eigenvalue weighted by atomic mass is 15.0. The second-order valence-corrected chi connectivity index (χ2v) is 5.09. The molecule has 3 rings (SSSR count). The molecule has 0 spiro atoms. The second kappa shape index (κ2) is 6.87. The van der Waals surface area contributed by atoms with Gasteiger partial charge in [-0.3, -0.25) is 0 Å². The lowest BCUT2D eigenvalue weighted by Crippen LogP contribution is -2.09. The van der Waals surface area contributed by atoms with E-state index < -0.39 is 0 Å². The number of rotatable bonds is 5. The van der Waals surface area contributed by atoms with Crippen molar-refractivity contribution >= 4 is 5.82 Å². The molecule has 0 atom stereocenters. The summed E-state index contributed by atoms with van der Waals surface area (Å²) in [6, 6.07) is 22.6. The maximum absolute atomic E-state index is 5.98. The van der Waals surface area contributed by atoms with E-state index in [1.165, 1.54) is 5.56 Å². The molecule has 0 unspecified atom stereocenters. The summed E-state index contributed by atoms with van der Waals surface area (Å²) in [5.41, 5.74) is 10.5. The van der Waals surface area contributed by atoms with Gasteiger partial charge >= 0.3 is 0 Å². The lowest BCUT2D eigenvalue weighted by atomic mass is 10.0. The van der Waals surface area contributed by atoms with Gasteiger partial charge in [0.1, 0.15) is 5.82 Å². The zero-order valence-corrected chi connectivity index (χ0v) is 12.4. The third-order valence-corrected chi connectivity index (χ3v) is 3.65. The van der Waals surface area contributed by atoms with Crippen LogP contribution in [0.4, 0.5) is 5.82 Å². The van der Waals surface area contributed by atoms with Gasteiger partial charge in [-0.1, -0.05) is 60.7 Å². The number of benzene rings is 2. The first-order valence-electron chi connectivity index (χ1n) is 7.39. The second-order valence-electron chi connectivity index (χ2n) is 5.09. The summed E-state index contributed by atoms with van der Waals surface area (Å²) >= 11 is 0. The molecule has 3 nitrogen and oxygen atoms in total. The number of pyridine rings is 1. The van der Waals surface area contributed by atoms with Gasteiger partial charge in [0, 0.05) is 24.8 Å². The fourth-order valence-corrected chi connectivity index (χ4v) is 2.52. The van der Waals surface area contributed by atoms with E-state index >= 15 is 0 Å². The number of nitrogens with zero attached hydrogens (tertiary/aromatic N) is 1. The number of nitrogens with two attached hydrogens (primary N) is 1. The Morgan fingerprint density at radius 1 is 0.864 bits per heavy atom. The average Bonchev–Trinajstić information content (AvgIpc) is 2.61. The first kappa shape index (κ1) is 14.3. The van der Waals surface area contributed by atoms with E-state index in [9.17, 15) is 0 Å². The van der Waals surface area contributed by atoms with Crippen molar-refractivity contribution in [3.63, 3.8) is 0 Å². The Morgan fingerprint density at radius 2 is 1.55 bits per heavy atom. The van der Waals surface area contributed by atoms with Gasteiger partial charge in [0.2, 0.25) is 0 Å². The fourth-order valence-electron chi connectivity index (χ4n) is 2.52.